The van der Waals surface area contributed by atoms with Crippen LogP contribution in [0.1, 0.15) is 24.5 Å². The number of allylic oxidation sites excluding steroid dienone is 1. The van der Waals surface area contributed by atoms with E-state index in [1.54, 1.807) is 13.2 Å². The van der Waals surface area contributed by atoms with Crippen LogP contribution in [-0.2, 0) is 11.2 Å². The van der Waals surface area contributed by atoms with Crippen LogP contribution < -0.4 is 16.1 Å². The number of ether oxygens (including phenoxy) is 1. The molecule has 1 atom stereocenters. The largest absolute Gasteiger partial charge is 0.351 e. The van der Waals surface area contributed by atoms with E-state index in [0.717, 1.165) is 18.5 Å². The minimum absolute atomic E-state index is 0.219. The van der Waals surface area contributed by atoms with Crippen LogP contribution >= 0.6 is 0 Å². The number of urea groups is 1. The fourth-order valence-corrected chi connectivity index (χ4v) is 2.08. The van der Waals surface area contributed by atoms with Crippen LogP contribution in [0.3, 0.4) is 0 Å². The molecule has 1 aromatic rings. The van der Waals surface area contributed by atoms with Gasteiger partial charge in [-0.1, -0.05) is 29.8 Å². The van der Waals surface area contributed by atoms with Gasteiger partial charge in [-0.15, -0.1) is 0 Å². The summed E-state index contributed by atoms with van der Waals surface area (Å²) in [4.78, 5) is 11.7. The lowest BCUT2D eigenvalue weighted by Gasteiger charge is -2.28. The average Bonchev–Trinajstić information content (AvgIpc) is 2.49. The van der Waals surface area contributed by atoms with Gasteiger partial charge in [0.2, 0.25) is 6.35 Å². The standard InChI is InChI=1S/C16H24N4O2/c1-12-6-8-14(9-7-12)5-4-10-22-15-17-11-13(2)18-16(21)20(3)19-15/h6-9,11,15,17,19H,4-5,10H2,1-3H3,(H,18,21)/b13-11+. The summed E-state index contributed by atoms with van der Waals surface area (Å²) in [5, 5.41) is 7.16. The quantitative estimate of drug-likeness (QED) is 0.726. The molecule has 0 radical (unpaired) electrons. The molecule has 1 unspecified atom stereocenters. The highest BCUT2D eigenvalue weighted by atomic mass is 16.5. The molecule has 2 rings (SSSR count). The molecule has 0 saturated carbocycles. The van der Waals surface area contributed by atoms with Crippen molar-refractivity contribution in [1.29, 1.82) is 0 Å². The zero-order chi connectivity index (χ0) is 15.9. The molecule has 0 spiro atoms. The van der Waals surface area contributed by atoms with Gasteiger partial charge < -0.3 is 15.4 Å². The summed E-state index contributed by atoms with van der Waals surface area (Å²) >= 11 is 0. The summed E-state index contributed by atoms with van der Waals surface area (Å²) in [5.74, 6) is 0. The first-order valence-corrected chi connectivity index (χ1v) is 7.45. The van der Waals surface area contributed by atoms with Gasteiger partial charge >= 0.3 is 6.03 Å². The highest BCUT2D eigenvalue weighted by Crippen LogP contribution is 2.06. The van der Waals surface area contributed by atoms with Gasteiger partial charge in [-0.3, -0.25) is 5.01 Å². The third kappa shape index (κ3) is 5.05. The molecule has 6 nitrogen and oxygen atoms in total. The van der Waals surface area contributed by atoms with Crippen molar-refractivity contribution < 1.29 is 9.53 Å². The molecule has 120 valence electrons. The SMILES string of the molecule is C/C1=C\NC(OCCCc2ccc(C)cc2)NN(C)C(=O)N1. The van der Waals surface area contributed by atoms with E-state index in [9.17, 15) is 4.79 Å². The number of hydrogen-bond acceptors (Lipinski definition) is 4. The lowest BCUT2D eigenvalue weighted by Crippen LogP contribution is -2.56. The molecule has 0 aromatic heterocycles. The number of nitrogens with one attached hydrogen (secondary N) is 3. The number of rotatable bonds is 5. The normalized spacial score (nSPS) is 21.2. The zero-order valence-electron chi connectivity index (χ0n) is 13.3. The first-order chi connectivity index (χ1) is 10.5. The average molecular weight is 304 g/mol. The fourth-order valence-electron chi connectivity index (χ4n) is 2.08. The van der Waals surface area contributed by atoms with E-state index >= 15 is 0 Å². The van der Waals surface area contributed by atoms with Crippen LogP contribution in [-0.4, -0.2) is 31.0 Å². The number of benzene rings is 1. The Morgan fingerprint density at radius 1 is 1.23 bits per heavy atom. The van der Waals surface area contributed by atoms with Gasteiger partial charge in [0.15, 0.2) is 0 Å². The molecule has 1 aromatic carbocycles. The van der Waals surface area contributed by atoms with Gasteiger partial charge in [-0.2, -0.15) is 5.43 Å². The van der Waals surface area contributed by atoms with Crippen LogP contribution in [0.15, 0.2) is 36.2 Å². The number of hydrogen-bond donors (Lipinski definition) is 3. The lowest BCUT2D eigenvalue weighted by atomic mass is 10.1. The van der Waals surface area contributed by atoms with Gasteiger partial charge in [0.05, 0.1) is 6.61 Å². The molecule has 0 bridgehead atoms. The van der Waals surface area contributed by atoms with Crippen LogP contribution in [0.2, 0.25) is 0 Å². The van der Waals surface area contributed by atoms with Crippen molar-refractivity contribution in [2.75, 3.05) is 13.7 Å². The molecule has 1 aliphatic heterocycles. The maximum absolute atomic E-state index is 11.7. The molecule has 0 saturated heterocycles. The van der Waals surface area contributed by atoms with E-state index in [0.29, 0.717) is 6.61 Å². The summed E-state index contributed by atoms with van der Waals surface area (Å²) < 4.78 is 5.74. The third-order valence-electron chi connectivity index (χ3n) is 3.39. The van der Waals surface area contributed by atoms with Gasteiger partial charge in [0.25, 0.3) is 0 Å². The predicted molar refractivity (Wildman–Crippen MR) is 85.6 cm³/mol. The van der Waals surface area contributed by atoms with E-state index in [4.69, 9.17) is 4.74 Å². The molecule has 2 amide bonds. The van der Waals surface area contributed by atoms with Gasteiger partial charge in [0, 0.05) is 18.9 Å². The third-order valence-corrected chi connectivity index (χ3v) is 3.39. The number of carbonyl (C=O) groups excluding carboxylic acids is 1. The Bertz CT molecular complexity index is 527. The maximum Gasteiger partial charge on any atom is 0.335 e. The number of aryl methyl sites for hydroxylation is 2. The highest BCUT2D eigenvalue weighted by Gasteiger charge is 2.16. The second-order valence-electron chi connectivity index (χ2n) is 5.45. The first-order valence-electron chi connectivity index (χ1n) is 7.45. The Kier molecular flexibility index (Phi) is 5.80. The van der Waals surface area contributed by atoms with Crippen molar-refractivity contribution >= 4 is 6.03 Å². The zero-order valence-corrected chi connectivity index (χ0v) is 13.3. The molecular weight excluding hydrogens is 280 g/mol. The number of carbonyl (C=O) groups is 1. The van der Waals surface area contributed by atoms with Crippen LogP contribution in [0, 0.1) is 6.92 Å². The van der Waals surface area contributed by atoms with Crippen molar-refractivity contribution in [2.45, 2.75) is 33.0 Å². The van der Waals surface area contributed by atoms with Gasteiger partial charge in [-0.05, 0) is 32.3 Å². The van der Waals surface area contributed by atoms with E-state index in [1.165, 1.54) is 16.1 Å². The molecule has 22 heavy (non-hydrogen) atoms. The Morgan fingerprint density at radius 2 is 1.95 bits per heavy atom. The second kappa shape index (κ2) is 7.82. The molecule has 1 aliphatic rings. The fraction of sp³-hybridized carbons (Fsp3) is 0.438. The Balaban J connectivity index is 1.76. The molecule has 3 N–H and O–H groups in total. The van der Waals surface area contributed by atoms with Gasteiger partial charge in [-0.25, -0.2) is 4.79 Å². The van der Waals surface area contributed by atoms with Crippen molar-refractivity contribution in [2.24, 2.45) is 0 Å². The molecular formula is C16H24N4O2. The minimum Gasteiger partial charge on any atom is -0.351 e. The topological polar surface area (TPSA) is 65.6 Å². The summed E-state index contributed by atoms with van der Waals surface area (Å²) in [5.41, 5.74) is 6.26. The number of hydrazine groups is 1. The van der Waals surface area contributed by atoms with Crippen LogP contribution in [0.4, 0.5) is 4.79 Å². The predicted octanol–water partition coefficient (Wildman–Crippen LogP) is 1.84. The Morgan fingerprint density at radius 3 is 2.68 bits per heavy atom. The van der Waals surface area contributed by atoms with E-state index in [1.807, 2.05) is 6.92 Å². The van der Waals surface area contributed by atoms with Crippen molar-refractivity contribution in [3.8, 4) is 0 Å². The van der Waals surface area contributed by atoms with E-state index in [-0.39, 0.29) is 6.03 Å². The number of nitrogens with zero attached hydrogens (tertiary/aromatic N) is 1. The van der Waals surface area contributed by atoms with E-state index in [2.05, 4.69) is 47.2 Å². The summed E-state index contributed by atoms with van der Waals surface area (Å²) in [7, 11) is 1.65. The smallest absolute Gasteiger partial charge is 0.335 e. The van der Waals surface area contributed by atoms with E-state index < -0.39 is 6.35 Å². The van der Waals surface area contributed by atoms with Crippen LogP contribution in [0.5, 0.6) is 0 Å². The summed E-state index contributed by atoms with van der Waals surface area (Å²) in [6.07, 6.45) is 3.19. The monoisotopic (exact) mass is 304 g/mol. The molecule has 0 aliphatic carbocycles. The summed E-state index contributed by atoms with van der Waals surface area (Å²) in [6.45, 7) is 4.50. The highest BCUT2D eigenvalue weighted by molar-refractivity contribution is 5.75. The van der Waals surface area contributed by atoms with Crippen molar-refractivity contribution in [3.05, 3.63) is 47.3 Å². The first kappa shape index (κ1) is 16.3. The Labute approximate surface area is 131 Å². The molecule has 1 heterocycles. The van der Waals surface area contributed by atoms with Gasteiger partial charge in [0.1, 0.15) is 0 Å². The lowest BCUT2D eigenvalue weighted by molar-refractivity contribution is -0.0228. The molecule has 0 fully saturated rings. The van der Waals surface area contributed by atoms with Crippen LogP contribution in [0.25, 0.3) is 0 Å². The maximum atomic E-state index is 11.7. The number of amides is 2. The summed E-state index contributed by atoms with van der Waals surface area (Å²) in [6, 6.07) is 8.31. The Hall–Kier alpha value is -2.05. The molecule has 6 heteroatoms. The second-order valence-corrected chi connectivity index (χ2v) is 5.45. The van der Waals surface area contributed by atoms with Crippen molar-refractivity contribution in [1.82, 2.24) is 21.1 Å². The minimum atomic E-state index is -0.427. The van der Waals surface area contributed by atoms with Crippen molar-refractivity contribution in [3.63, 3.8) is 0 Å².